The Morgan fingerprint density at radius 2 is 2.06 bits per heavy atom. The van der Waals surface area contributed by atoms with Gasteiger partial charge in [0.05, 0.1) is 5.02 Å². The minimum Gasteiger partial charge on any atom is -0.481 e. The van der Waals surface area contributed by atoms with Crippen molar-refractivity contribution in [1.29, 1.82) is 0 Å². The minimum atomic E-state index is -0.788. The van der Waals surface area contributed by atoms with Crippen molar-refractivity contribution in [2.45, 2.75) is 25.7 Å². The smallest absolute Gasteiger partial charge is 0.303 e. The maximum atomic E-state index is 11.6. The summed E-state index contributed by atoms with van der Waals surface area (Å²) in [7, 11) is 0. The summed E-state index contributed by atoms with van der Waals surface area (Å²) in [5, 5.41) is 11.6. The van der Waals surface area contributed by atoms with Crippen molar-refractivity contribution >= 4 is 23.5 Å². The average molecular weight is 271 g/mol. The van der Waals surface area contributed by atoms with Crippen molar-refractivity contribution in [3.05, 3.63) is 29.0 Å². The van der Waals surface area contributed by atoms with E-state index in [4.69, 9.17) is 16.7 Å². The Morgan fingerprint density at radius 1 is 1.28 bits per heavy atom. The van der Waals surface area contributed by atoms with Crippen LogP contribution in [0.2, 0.25) is 5.02 Å². The molecule has 0 aliphatic carbocycles. The Balaban J connectivity index is 2.17. The average Bonchev–Trinajstić information content (AvgIpc) is 2.34. The van der Waals surface area contributed by atoms with Crippen LogP contribution in [-0.4, -0.2) is 28.5 Å². The highest BCUT2D eigenvalue weighted by atomic mass is 35.5. The summed E-state index contributed by atoms with van der Waals surface area (Å²) in [5.41, 5.74) is 0.324. The quantitative estimate of drug-likeness (QED) is 0.744. The van der Waals surface area contributed by atoms with Crippen molar-refractivity contribution in [2.24, 2.45) is 0 Å². The number of rotatable bonds is 7. The summed E-state index contributed by atoms with van der Waals surface area (Å²) < 4.78 is 0. The van der Waals surface area contributed by atoms with Gasteiger partial charge in [0.1, 0.15) is 5.69 Å². The first kappa shape index (κ1) is 14.4. The van der Waals surface area contributed by atoms with Gasteiger partial charge < -0.3 is 10.4 Å². The maximum absolute atomic E-state index is 11.6. The molecule has 1 heterocycles. The zero-order valence-corrected chi connectivity index (χ0v) is 10.6. The van der Waals surface area contributed by atoms with Crippen LogP contribution in [0.3, 0.4) is 0 Å². The van der Waals surface area contributed by atoms with E-state index in [9.17, 15) is 9.59 Å². The van der Waals surface area contributed by atoms with E-state index in [1.807, 2.05) is 0 Å². The molecule has 1 aromatic heterocycles. The third-order valence-corrected chi connectivity index (χ3v) is 2.54. The molecule has 0 saturated heterocycles. The van der Waals surface area contributed by atoms with Gasteiger partial charge in [-0.1, -0.05) is 18.0 Å². The van der Waals surface area contributed by atoms with Gasteiger partial charge in [-0.15, -0.1) is 0 Å². The predicted molar refractivity (Wildman–Crippen MR) is 67.7 cm³/mol. The third kappa shape index (κ3) is 5.63. The van der Waals surface area contributed by atoms with E-state index in [1.54, 1.807) is 12.1 Å². The number of aliphatic carboxylic acids is 1. The summed E-state index contributed by atoms with van der Waals surface area (Å²) in [6.45, 7) is 0.517. The first-order valence-corrected chi connectivity index (χ1v) is 6.09. The Labute approximate surface area is 110 Å². The second-order valence-corrected chi connectivity index (χ2v) is 4.26. The van der Waals surface area contributed by atoms with E-state index in [1.165, 1.54) is 6.20 Å². The topological polar surface area (TPSA) is 79.3 Å². The van der Waals surface area contributed by atoms with Gasteiger partial charge in [0.15, 0.2) is 0 Å². The van der Waals surface area contributed by atoms with Crippen molar-refractivity contribution in [3.63, 3.8) is 0 Å². The zero-order valence-electron chi connectivity index (χ0n) is 9.86. The Kier molecular flexibility index (Phi) is 6.14. The van der Waals surface area contributed by atoms with E-state index in [0.29, 0.717) is 23.7 Å². The molecule has 98 valence electrons. The lowest BCUT2D eigenvalue weighted by atomic mass is 10.2. The van der Waals surface area contributed by atoms with Crippen LogP contribution in [0, 0.1) is 0 Å². The van der Waals surface area contributed by atoms with E-state index >= 15 is 0 Å². The molecule has 5 nitrogen and oxygen atoms in total. The van der Waals surface area contributed by atoms with Crippen LogP contribution in [0.25, 0.3) is 0 Å². The fraction of sp³-hybridized carbons (Fsp3) is 0.417. The molecule has 0 unspecified atom stereocenters. The van der Waals surface area contributed by atoms with Crippen LogP contribution in [0.1, 0.15) is 36.2 Å². The van der Waals surface area contributed by atoms with Gasteiger partial charge in [0.25, 0.3) is 5.91 Å². The van der Waals surface area contributed by atoms with E-state index in [-0.39, 0.29) is 12.3 Å². The first-order valence-electron chi connectivity index (χ1n) is 5.71. The largest absolute Gasteiger partial charge is 0.481 e. The van der Waals surface area contributed by atoms with Crippen molar-refractivity contribution < 1.29 is 14.7 Å². The lowest BCUT2D eigenvalue weighted by Gasteiger charge is -2.04. The summed E-state index contributed by atoms with van der Waals surface area (Å²) >= 11 is 5.66. The van der Waals surface area contributed by atoms with Gasteiger partial charge in [-0.05, 0) is 25.0 Å². The Morgan fingerprint density at radius 3 is 2.67 bits per heavy atom. The normalized spacial score (nSPS) is 10.1. The SMILES string of the molecule is O=C(O)CCCCCNC(=O)c1ccc(Cl)cn1. The van der Waals surface area contributed by atoms with Crippen LogP contribution in [-0.2, 0) is 4.79 Å². The lowest BCUT2D eigenvalue weighted by Crippen LogP contribution is -2.25. The molecule has 2 N–H and O–H groups in total. The second kappa shape index (κ2) is 7.66. The van der Waals surface area contributed by atoms with Crippen LogP contribution in [0.15, 0.2) is 18.3 Å². The van der Waals surface area contributed by atoms with Gasteiger partial charge in [-0.2, -0.15) is 0 Å². The van der Waals surface area contributed by atoms with E-state index in [2.05, 4.69) is 10.3 Å². The number of nitrogens with one attached hydrogen (secondary N) is 1. The number of hydrogen-bond donors (Lipinski definition) is 2. The number of unbranched alkanes of at least 4 members (excludes halogenated alkanes) is 2. The summed E-state index contributed by atoms with van der Waals surface area (Å²) in [6.07, 6.45) is 3.76. The summed E-state index contributed by atoms with van der Waals surface area (Å²) in [6, 6.07) is 3.17. The van der Waals surface area contributed by atoms with Gasteiger partial charge >= 0.3 is 5.97 Å². The molecule has 0 bridgehead atoms. The molecule has 0 aliphatic heterocycles. The minimum absolute atomic E-state index is 0.173. The number of pyridine rings is 1. The van der Waals surface area contributed by atoms with Crippen molar-refractivity contribution in [1.82, 2.24) is 10.3 Å². The molecule has 0 spiro atoms. The fourth-order valence-electron chi connectivity index (χ4n) is 1.38. The van der Waals surface area contributed by atoms with Crippen LogP contribution in [0.4, 0.5) is 0 Å². The molecule has 18 heavy (non-hydrogen) atoms. The van der Waals surface area contributed by atoms with Crippen LogP contribution < -0.4 is 5.32 Å². The highest BCUT2D eigenvalue weighted by Gasteiger charge is 2.05. The second-order valence-electron chi connectivity index (χ2n) is 3.82. The Hall–Kier alpha value is -1.62. The van der Waals surface area contributed by atoms with Gasteiger partial charge in [0.2, 0.25) is 0 Å². The molecule has 0 atom stereocenters. The first-order chi connectivity index (χ1) is 8.59. The number of aromatic nitrogens is 1. The number of carbonyl (C=O) groups is 2. The molecule has 6 heteroatoms. The van der Waals surface area contributed by atoms with E-state index < -0.39 is 5.97 Å². The predicted octanol–water partition coefficient (Wildman–Crippen LogP) is 2.11. The molecule has 1 aromatic rings. The third-order valence-electron chi connectivity index (χ3n) is 2.31. The van der Waals surface area contributed by atoms with Crippen molar-refractivity contribution in [2.75, 3.05) is 6.54 Å². The number of hydrogen-bond acceptors (Lipinski definition) is 3. The zero-order chi connectivity index (χ0) is 13.4. The summed E-state index contributed by atoms with van der Waals surface area (Å²) in [4.78, 5) is 25.7. The summed E-state index contributed by atoms with van der Waals surface area (Å²) in [5.74, 6) is -1.03. The standard InChI is InChI=1S/C12H15ClN2O3/c13-9-5-6-10(15-8-9)12(18)14-7-3-1-2-4-11(16)17/h5-6,8H,1-4,7H2,(H,14,18)(H,16,17). The van der Waals surface area contributed by atoms with Gasteiger partial charge in [-0.25, -0.2) is 4.98 Å². The molecule has 0 aromatic carbocycles. The molecular weight excluding hydrogens is 256 g/mol. The number of amides is 1. The van der Waals surface area contributed by atoms with Gasteiger partial charge in [0, 0.05) is 19.2 Å². The monoisotopic (exact) mass is 270 g/mol. The number of carboxylic acids is 1. The van der Waals surface area contributed by atoms with Gasteiger partial charge in [-0.3, -0.25) is 9.59 Å². The van der Waals surface area contributed by atoms with Crippen LogP contribution in [0.5, 0.6) is 0 Å². The Bertz CT molecular complexity index is 406. The molecule has 0 saturated carbocycles. The highest BCUT2D eigenvalue weighted by Crippen LogP contribution is 2.06. The number of carbonyl (C=O) groups excluding carboxylic acids is 1. The number of nitrogens with zero attached hydrogens (tertiary/aromatic N) is 1. The van der Waals surface area contributed by atoms with Crippen LogP contribution >= 0.6 is 11.6 Å². The molecule has 1 amide bonds. The lowest BCUT2D eigenvalue weighted by molar-refractivity contribution is -0.137. The van der Waals surface area contributed by atoms with E-state index in [0.717, 1.165) is 12.8 Å². The van der Waals surface area contributed by atoms with Crippen molar-refractivity contribution in [3.8, 4) is 0 Å². The molecular formula is C12H15ClN2O3. The maximum Gasteiger partial charge on any atom is 0.303 e. The molecule has 0 aliphatic rings. The highest BCUT2D eigenvalue weighted by molar-refractivity contribution is 6.30. The number of carboxylic acid groups (broad SMARTS) is 1. The molecule has 0 radical (unpaired) electrons. The fourth-order valence-corrected chi connectivity index (χ4v) is 1.49. The molecule has 0 fully saturated rings. The molecule has 1 rings (SSSR count). The number of halogens is 1.